The fourth-order valence-corrected chi connectivity index (χ4v) is 2.75. The Morgan fingerprint density at radius 3 is 2.29 bits per heavy atom. The van der Waals surface area contributed by atoms with Crippen LogP contribution in [-0.4, -0.2) is 15.5 Å². The van der Waals surface area contributed by atoms with E-state index >= 15 is 0 Å². The third-order valence-corrected chi connectivity index (χ3v) is 4.06. The van der Waals surface area contributed by atoms with E-state index in [-0.39, 0.29) is 10.6 Å². The molecule has 0 radical (unpaired) electrons. The van der Waals surface area contributed by atoms with Gasteiger partial charge in [-0.1, -0.05) is 0 Å². The van der Waals surface area contributed by atoms with Gasteiger partial charge in [0.1, 0.15) is 17.3 Å². The first-order valence-corrected chi connectivity index (χ1v) is 7.23. The molecule has 0 spiro atoms. The molecule has 0 aliphatic heterocycles. The predicted molar refractivity (Wildman–Crippen MR) is 74.6 cm³/mol. The number of rotatable bonds is 4. The fraction of sp³-hybridized carbons (Fsp3) is 0.0769. The lowest BCUT2D eigenvalue weighted by molar-refractivity contribution is 0.414. The molecule has 0 atom stereocenters. The normalized spacial score (nSPS) is 11.2. The van der Waals surface area contributed by atoms with Gasteiger partial charge in [-0.3, -0.25) is 4.72 Å². The summed E-state index contributed by atoms with van der Waals surface area (Å²) in [6.45, 7) is 0. The largest absolute Gasteiger partial charge is 0.497 e. The van der Waals surface area contributed by atoms with Crippen LogP contribution in [0.4, 0.5) is 20.2 Å². The van der Waals surface area contributed by atoms with E-state index in [9.17, 15) is 17.2 Å². The van der Waals surface area contributed by atoms with Crippen molar-refractivity contribution < 1.29 is 21.9 Å². The number of hydrogen-bond acceptors (Lipinski definition) is 4. The van der Waals surface area contributed by atoms with E-state index < -0.39 is 27.3 Å². The summed E-state index contributed by atoms with van der Waals surface area (Å²) >= 11 is 0. The Labute approximate surface area is 120 Å². The fourth-order valence-electron chi connectivity index (χ4n) is 1.65. The smallest absolute Gasteiger partial charge is 0.262 e. The topological polar surface area (TPSA) is 81.4 Å². The van der Waals surface area contributed by atoms with Crippen LogP contribution in [0.1, 0.15) is 0 Å². The third-order valence-electron chi connectivity index (χ3n) is 2.69. The first-order valence-electron chi connectivity index (χ1n) is 5.75. The van der Waals surface area contributed by atoms with E-state index in [1.165, 1.54) is 31.4 Å². The minimum absolute atomic E-state index is 0.105. The molecule has 0 aromatic heterocycles. The van der Waals surface area contributed by atoms with Gasteiger partial charge < -0.3 is 10.5 Å². The molecule has 0 saturated heterocycles. The van der Waals surface area contributed by atoms with Gasteiger partial charge in [-0.15, -0.1) is 0 Å². The highest BCUT2D eigenvalue weighted by Gasteiger charge is 2.19. The molecule has 21 heavy (non-hydrogen) atoms. The van der Waals surface area contributed by atoms with Gasteiger partial charge >= 0.3 is 0 Å². The molecule has 3 N–H and O–H groups in total. The van der Waals surface area contributed by atoms with Crippen LogP contribution < -0.4 is 15.2 Å². The average molecular weight is 314 g/mol. The predicted octanol–water partition coefficient (Wildman–Crippen LogP) is 2.36. The number of methoxy groups -OCH3 is 1. The third kappa shape index (κ3) is 3.22. The number of nitrogens with one attached hydrogen (secondary N) is 1. The number of halogens is 2. The van der Waals surface area contributed by atoms with Gasteiger partial charge in [0.05, 0.1) is 17.7 Å². The van der Waals surface area contributed by atoms with E-state index in [2.05, 4.69) is 0 Å². The van der Waals surface area contributed by atoms with Crippen molar-refractivity contribution in [1.82, 2.24) is 0 Å². The highest BCUT2D eigenvalue weighted by molar-refractivity contribution is 7.92. The Hall–Kier alpha value is -2.35. The summed E-state index contributed by atoms with van der Waals surface area (Å²) in [6, 6.07) is 6.84. The molecule has 8 heteroatoms. The van der Waals surface area contributed by atoms with Crippen molar-refractivity contribution in [2.24, 2.45) is 0 Å². The summed E-state index contributed by atoms with van der Waals surface area (Å²) in [4.78, 5) is -0.105. The quantitative estimate of drug-likeness (QED) is 0.849. The van der Waals surface area contributed by atoms with E-state index in [1.807, 2.05) is 4.72 Å². The molecule has 0 fully saturated rings. The average Bonchev–Trinajstić information content (AvgIpc) is 2.43. The van der Waals surface area contributed by atoms with Crippen molar-refractivity contribution in [1.29, 1.82) is 0 Å². The molecular formula is C13H12F2N2O3S. The Kier molecular flexibility index (Phi) is 3.99. The highest BCUT2D eigenvalue weighted by Crippen LogP contribution is 2.27. The van der Waals surface area contributed by atoms with Crippen LogP contribution in [0.5, 0.6) is 5.75 Å². The molecule has 0 heterocycles. The maximum Gasteiger partial charge on any atom is 0.262 e. The standard InChI is InChI=1S/C13H12F2N2O3S/c1-20-9-2-4-10(5-3-9)21(18,19)17-13-11(15)6-8(14)7-12(13)16/h2-7,17H,16H2,1H3. The molecule has 112 valence electrons. The minimum atomic E-state index is -4.04. The summed E-state index contributed by atoms with van der Waals surface area (Å²) < 4.78 is 57.7. The zero-order valence-corrected chi connectivity index (χ0v) is 11.7. The van der Waals surface area contributed by atoms with Crippen molar-refractivity contribution in [3.05, 3.63) is 48.0 Å². The summed E-state index contributed by atoms with van der Waals surface area (Å²) in [7, 11) is -2.60. The SMILES string of the molecule is COc1ccc(S(=O)(=O)Nc2c(N)cc(F)cc2F)cc1. The summed E-state index contributed by atoms with van der Waals surface area (Å²) in [5, 5.41) is 0. The molecule has 0 saturated carbocycles. The molecule has 0 aliphatic carbocycles. The molecular weight excluding hydrogens is 302 g/mol. The number of sulfonamides is 1. The van der Waals surface area contributed by atoms with Crippen molar-refractivity contribution in [2.75, 3.05) is 17.6 Å². The zero-order chi connectivity index (χ0) is 15.6. The lowest BCUT2D eigenvalue weighted by Gasteiger charge is -2.11. The number of ether oxygens (including phenoxy) is 1. The van der Waals surface area contributed by atoms with E-state index in [1.54, 1.807) is 0 Å². The molecule has 0 bridgehead atoms. The van der Waals surface area contributed by atoms with Gasteiger partial charge in [0.25, 0.3) is 10.0 Å². The second-order valence-electron chi connectivity index (χ2n) is 4.13. The minimum Gasteiger partial charge on any atom is -0.497 e. The maximum absolute atomic E-state index is 13.6. The van der Waals surface area contributed by atoms with Crippen molar-refractivity contribution in [3.8, 4) is 5.75 Å². The first kappa shape index (κ1) is 15.0. The van der Waals surface area contributed by atoms with Crippen LogP contribution >= 0.6 is 0 Å². The second-order valence-corrected chi connectivity index (χ2v) is 5.82. The van der Waals surface area contributed by atoms with Gasteiger partial charge in [0, 0.05) is 6.07 Å². The molecule has 5 nitrogen and oxygen atoms in total. The monoisotopic (exact) mass is 314 g/mol. The Morgan fingerprint density at radius 1 is 1.14 bits per heavy atom. The van der Waals surface area contributed by atoms with Crippen LogP contribution in [0.3, 0.4) is 0 Å². The van der Waals surface area contributed by atoms with Crippen LogP contribution in [0.2, 0.25) is 0 Å². The lowest BCUT2D eigenvalue weighted by Crippen LogP contribution is -2.15. The number of anilines is 2. The van der Waals surface area contributed by atoms with Gasteiger partial charge in [-0.05, 0) is 30.3 Å². The zero-order valence-electron chi connectivity index (χ0n) is 10.9. The van der Waals surface area contributed by atoms with Crippen molar-refractivity contribution in [2.45, 2.75) is 4.90 Å². The van der Waals surface area contributed by atoms with Gasteiger partial charge in [0.2, 0.25) is 0 Å². The van der Waals surface area contributed by atoms with Gasteiger partial charge in [-0.25, -0.2) is 17.2 Å². The number of nitrogens with two attached hydrogens (primary N) is 1. The Balaban J connectivity index is 2.37. The second kappa shape index (κ2) is 5.57. The number of benzene rings is 2. The Bertz CT molecular complexity index is 738. The van der Waals surface area contributed by atoms with E-state index in [0.29, 0.717) is 11.8 Å². The first-order chi connectivity index (χ1) is 9.83. The van der Waals surface area contributed by atoms with Gasteiger partial charge in [-0.2, -0.15) is 0 Å². The van der Waals surface area contributed by atoms with Crippen LogP contribution in [0, 0.1) is 11.6 Å². The summed E-state index contributed by atoms with van der Waals surface area (Å²) in [6.07, 6.45) is 0. The molecule has 0 unspecified atom stereocenters. The summed E-state index contributed by atoms with van der Waals surface area (Å²) in [5.41, 5.74) is 4.59. The van der Waals surface area contributed by atoms with Crippen LogP contribution in [0.15, 0.2) is 41.3 Å². The van der Waals surface area contributed by atoms with Gasteiger partial charge in [0.15, 0.2) is 5.82 Å². The van der Waals surface area contributed by atoms with Crippen molar-refractivity contribution in [3.63, 3.8) is 0 Å². The molecule has 2 aromatic carbocycles. The van der Waals surface area contributed by atoms with Crippen LogP contribution in [0.25, 0.3) is 0 Å². The number of hydrogen-bond donors (Lipinski definition) is 2. The molecule has 2 rings (SSSR count). The molecule has 0 aliphatic rings. The van der Waals surface area contributed by atoms with Crippen LogP contribution in [-0.2, 0) is 10.0 Å². The van der Waals surface area contributed by atoms with E-state index in [4.69, 9.17) is 10.5 Å². The summed E-state index contributed by atoms with van der Waals surface area (Å²) in [5.74, 6) is -1.51. The highest BCUT2D eigenvalue weighted by atomic mass is 32.2. The number of nitrogen functional groups attached to an aromatic ring is 1. The lowest BCUT2D eigenvalue weighted by atomic mass is 10.2. The Morgan fingerprint density at radius 2 is 1.76 bits per heavy atom. The molecule has 2 aromatic rings. The van der Waals surface area contributed by atoms with E-state index in [0.717, 1.165) is 6.07 Å². The molecule has 0 amide bonds. The van der Waals surface area contributed by atoms with Crippen molar-refractivity contribution >= 4 is 21.4 Å². The maximum atomic E-state index is 13.6.